The Morgan fingerprint density at radius 1 is 1.10 bits per heavy atom. The van der Waals surface area contributed by atoms with Gasteiger partial charge in [-0.25, -0.2) is 4.21 Å². The van der Waals surface area contributed by atoms with Crippen LogP contribution in [0.15, 0.2) is 46.8 Å². The molecule has 2 aromatic carbocycles. The average molecular weight is 286 g/mol. The molecule has 0 aliphatic carbocycles. The molecule has 0 unspecified atom stereocenters. The Balaban J connectivity index is 2.15. The topological polar surface area (TPSA) is 71.0 Å². The highest BCUT2D eigenvalue weighted by molar-refractivity contribution is 7.92. The van der Waals surface area contributed by atoms with E-state index in [0.29, 0.717) is 5.82 Å². The van der Waals surface area contributed by atoms with Crippen LogP contribution in [-0.2, 0) is 9.73 Å². The Labute approximate surface area is 117 Å². The summed E-state index contributed by atoms with van der Waals surface area (Å²) in [6.45, 7) is 0. The molecule has 3 aromatic rings. The van der Waals surface area contributed by atoms with E-state index >= 15 is 0 Å². The number of aromatic amines is 1. The van der Waals surface area contributed by atoms with E-state index in [1.807, 2.05) is 42.5 Å². The average Bonchev–Trinajstić information content (AvgIpc) is 2.84. The molecule has 3 rings (SSSR count). The molecule has 0 aliphatic heterocycles. The molecule has 0 aliphatic rings. The molecule has 0 atom stereocenters. The van der Waals surface area contributed by atoms with Crippen molar-refractivity contribution in [3.63, 3.8) is 0 Å². The fourth-order valence-corrected chi connectivity index (χ4v) is 2.52. The number of H-pyrrole nitrogens is 1. The molecule has 0 spiro atoms. The van der Waals surface area contributed by atoms with E-state index in [4.69, 9.17) is 0 Å². The molecule has 0 bridgehead atoms. The Morgan fingerprint density at radius 3 is 2.65 bits per heavy atom. The van der Waals surface area contributed by atoms with Gasteiger partial charge in [-0.15, -0.1) is 5.10 Å². The molecule has 0 amide bonds. The molecular formula is C14H14N4OS. The number of nitrogens with one attached hydrogen (secondary N) is 1. The second-order valence-electron chi connectivity index (χ2n) is 4.78. The third kappa shape index (κ3) is 2.55. The molecule has 0 radical (unpaired) electrons. The zero-order valence-corrected chi connectivity index (χ0v) is 12.0. The first-order valence-electron chi connectivity index (χ1n) is 6.11. The van der Waals surface area contributed by atoms with E-state index in [-0.39, 0.29) is 5.95 Å². The van der Waals surface area contributed by atoms with Gasteiger partial charge >= 0.3 is 0 Å². The van der Waals surface area contributed by atoms with E-state index in [0.717, 1.165) is 16.3 Å². The molecule has 20 heavy (non-hydrogen) atoms. The van der Waals surface area contributed by atoms with Gasteiger partial charge in [-0.3, -0.25) is 5.10 Å². The molecule has 1 N–H and O–H groups in total. The van der Waals surface area contributed by atoms with Crippen LogP contribution in [0.3, 0.4) is 0 Å². The van der Waals surface area contributed by atoms with Gasteiger partial charge in [0.05, 0.1) is 0 Å². The van der Waals surface area contributed by atoms with E-state index in [2.05, 4.69) is 19.5 Å². The molecule has 0 saturated heterocycles. The van der Waals surface area contributed by atoms with E-state index in [1.165, 1.54) is 0 Å². The van der Waals surface area contributed by atoms with Crippen molar-refractivity contribution in [2.24, 2.45) is 4.36 Å². The predicted octanol–water partition coefficient (Wildman–Crippen LogP) is 2.98. The lowest BCUT2D eigenvalue weighted by atomic mass is 10.0. The molecule has 102 valence electrons. The second-order valence-corrected chi connectivity index (χ2v) is 7.33. The van der Waals surface area contributed by atoms with Crippen molar-refractivity contribution in [2.45, 2.75) is 0 Å². The Bertz CT molecular complexity index is 878. The van der Waals surface area contributed by atoms with Crippen molar-refractivity contribution in [3.8, 4) is 11.4 Å². The fraction of sp³-hybridized carbons (Fsp3) is 0.143. The minimum absolute atomic E-state index is 0.225. The monoisotopic (exact) mass is 286 g/mol. The number of hydrogen-bond donors (Lipinski definition) is 1. The van der Waals surface area contributed by atoms with Crippen molar-refractivity contribution < 1.29 is 4.21 Å². The third-order valence-corrected chi connectivity index (χ3v) is 3.42. The van der Waals surface area contributed by atoms with Crippen molar-refractivity contribution in [3.05, 3.63) is 42.5 Å². The van der Waals surface area contributed by atoms with E-state index in [1.54, 1.807) is 12.5 Å². The quantitative estimate of drug-likeness (QED) is 0.787. The summed E-state index contributed by atoms with van der Waals surface area (Å²) in [7, 11) is -2.26. The summed E-state index contributed by atoms with van der Waals surface area (Å²) in [5, 5.41) is 9.08. The van der Waals surface area contributed by atoms with Crippen LogP contribution in [0, 0.1) is 0 Å². The first-order valence-corrected chi connectivity index (χ1v) is 8.44. The fourth-order valence-electron chi connectivity index (χ4n) is 2.04. The van der Waals surface area contributed by atoms with Crippen molar-refractivity contribution in [1.29, 1.82) is 0 Å². The summed E-state index contributed by atoms with van der Waals surface area (Å²) in [4.78, 5) is 4.30. The van der Waals surface area contributed by atoms with Crippen LogP contribution in [0.5, 0.6) is 0 Å². The maximum Gasteiger partial charge on any atom is 0.276 e. The highest BCUT2D eigenvalue weighted by Gasteiger charge is 2.08. The first-order chi connectivity index (χ1) is 9.53. The SMILES string of the molecule is CS(C)(=O)=Nc1n[nH]c(-c2cccc3ccccc23)n1. The van der Waals surface area contributed by atoms with Crippen LogP contribution >= 0.6 is 0 Å². The molecule has 0 fully saturated rings. The van der Waals surface area contributed by atoms with Gasteiger partial charge in [0.1, 0.15) is 0 Å². The minimum Gasteiger partial charge on any atom is -0.257 e. The van der Waals surface area contributed by atoms with Crippen molar-refractivity contribution in [2.75, 3.05) is 12.5 Å². The lowest BCUT2D eigenvalue weighted by molar-refractivity contribution is 0.684. The van der Waals surface area contributed by atoms with Crippen LogP contribution in [-0.4, -0.2) is 31.9 Å². The highest BCUT2D eigenvalue weighted by atomic mass is 32.2. The number of rotatable bonds is 2. The van der Waals surface area contributed by atoms with Crippen LogP contribution in [0.1, 0.15) is 0 Å². The van der Waals surface area contributed by atoms with Gasteiger partial charge in [-0.05, 0) is 10.8 Å². The van der Waals surface area contributed by atoms with Crippen LogP contribution in [0.25, 0.3) is 22.2 Å². The summed E-state index contributed by atoms with van der Waals surface area (Å²) in [6.07, 6.45) is 3.11. The molecule has 6 heteroatoms. The summed E-state index contributed by atoms with van der Waals surface area (Å²) in [6, 6.07) is 14.1. The first kappa shape index (κ1) is 12.8. The summed E-state index contributed by atoms with van der Waals surface area (Å²) >= 11 is 0. The Kier molecular flexibility index (Phi) is 3.02. The maximum absolute atomic E-state index is 11.7. The summed E-state index contributed by atoms with van der Waals surface area (Å²) in [5.74, 6) is 0.854. The zero-order chi connectivity index (χ0) is 14.2. The highest BCUT2D eigenvalue weighted by Crippen LogP contribution is 2.26. The van der Waals surface area contributed by atoms with Crippen LogP contribution in [0.2, 0.25) is 0 Å². The molecular weight excluding hydrogens is 272 g/mol. The lowest BCUT2D eigenvalue weighted by Crippen LogP contribution is -1.89. The van der Waals surface area contributed by atoms with Crippen molar-refractivity contribution >= 4 is 26.4 Å². The molecule has 0 saturated carbocycles. The Morgan fingerprint density at radius 2 is 1.85 bits per heavy atom. The van der Waals surface area contributed by atoms with E-state index in [9.17, 15) is 4.21 Å². The zero-order valence-electron chi connectivity index (χ0n) is 11.2. The predicted molar refractivity (Wildman–Crippen MR) is 81.4 cm³/mol. The standard InChI is InChI=1S/C14H14N4OS/c1-20(2,19)18-14-15-13(16-17-14)12-9-5-7-10-6-3-4-8-11(10)12/h3-9H,1-2H3,(H,15,16,17). The largest absolute Gasteiger partial charge is 0.276 e. The van der Waals surface area contributed by atoms with Crippen LogP contribution < -0.4 is 0 Å². The molecule has 1 heterocycles. The smallest absolute Gasteiger partial charge is 0.257 e. The maximum atomic E-state index is 11.7. The van der Waals surface area contributed by atoms with Gasteiger partial charge in [0, 0.05) is 27.8 Å². The summed E-state index contributed by atoms with van der Waals surface area (Å²) in [5.41, 5.74) is 0.954. The number of aromatic nitrogens is 3. The van der Waals surface area contributed by atoms with Gasteiger partial charge in [-0.2, -0.15) is 9.35 Å². The Hall–Kier alpha value is -2.21. The number of nitrogens with zero attached hydrogens (tertiary/aromatic N) is 3. The normalized spacial score (nSPS) is 11.7. The van der Waals surface area contributed by atoms with Crippen molar-refractivity contribution in [1.82, 2.24) is 15.2 Å². The molecule has 1 aromatic heterocycles. The minimum atomic E-state index is -2.26. The molecule has 5 nitrogen and oxygen atoms in total. The van der Waals surface area contributed by atoms with Gasteiger partial charge in [0.25, 0.3) is 5.95 Å². The number of benzene rings is 2. The van der Waals surface area contributed by atoms with E-state index < -0.39 is 9.73 Å². The summed E-state index contributed by atoms with van der Waals surface area (Å²) < 4.78 is 15.6. The second kappa shape index (κ2) is 4.72. The third-order valence-electron chi connectivity index (χ3n) is 2.82. The van der Waals surface area contributed by atoms with Gasteiger partial charge < -0.3 is 0 Å². The number of fused-ring (bicyclic) bond motifs is 1. The number of hydrogen-bond acceptors (Lipinski definition) is 4. The lowest BCUT2D eigenvalue weighted by Gasteiger charge is -2.02. The van der Waals surface area contributed by atoms with Gasteiger partial charge in [0.2, 0.25) is 0 Å². The van der Waals surface area contributed by atoms with Gasteiger partial charge in [0.15, 0.2) is 5.82 Å². The van der Waals surface area contributed by atoms with Gasteiger partial charge in [-0.1, -0.05) is 42.5 Å². The van der Waals surface area contributed by atoms with Crippen LogP contribution in [0.4, 0.5) is 5.95 Å².